The fraction of sp³-hybridized carbons (Fsp3) is 0.111. The molecule has 28 heavy (non-hydrogen) atoms. The minimum absolute atomic E-state index is 0.0762. The normalized spacial score (nSPS) is 10.5. The minimum Gasteiger partial charge on any atom is -0.452 e. The summed E-state index contributed by atoms with van der Waals surface area (Å²) in [4.78, 5) is 43.8. The number of nitro benzene ring substituents is 2. The number of non-ortho nitro benzene ring substituents is 1. The van der Waals surface area contributed by atoms with Crippen molar-refractivity contribution >= 4 is 35.0 Å². The van der Waals surface area contributed by atoms with E-state index in [1.807, 2.05) is 0 Å². The number of nitrogens with one attached hydrogen (secondary N) is 1. The maximum Gasteiger partial charge on any atom is 0.331 e. The Hall–Kier alpha value is -4.08. The Labute approximate surface area is 158 Å². The van der Waals surface area contributed by atoms with Crippen molar-refractivity contribution in [1.29, 1.82) is 0 Å². The van der Waals surface area contributed by atoms with Crippen molar-refractivity contribution in [3.63, 3.8) is 0 Å². The molecule has 0 aliphatic carbocycles. The van der Waals surface area contributed by atoms with E-state index in [-0.39, 0.29) is 17.1 Å². The van der Waals surface area contributed by atoms with Crippen LogP contribution >= 0.6 is 0 Å². The average molecular weight is 385 g/mol. The Morgan fingerprint density at radius 2 is 1.75 bits per heavy atom. The number of hydrogen-bond acceptors (Lipinski definition) is 7. The van der Waals surface area contributed by atoms with Gasteiger partial charge in [-0.15, -0.1) is 0 Å². The van der Waals surface area contributed by atoms with Crippen molar-refractivity contribution in [2.24, 2.45) is 0 Å². The number of carbonyl (C=O) groups is 2. The van der Waals surface area contributed by atoms with Gasteiger partial charge in [-0.1, -0.05) is 6.07 Å². The molecule has 0 saturated carbocycles. The minimum atomic E-state index is -0.789. The highest BCUT2D eigenvalue weighted by atomic mass is 16.6. The highest BCUT2D eigenvalue weighted by Crippen LogP contribution is 2.22. The van der Waals surface area contributed by atoms with Crippen LogP contribution in [-0.4, -0.2) is 28.3 Å². The van der Waals surface area contributed by atoms with E-state index in [4.69, 9.17) is 4.74 Å². The molecule has 1 N–H and O–H groups in total. The lowest BCUT2D eigenvalue weighted by molar-refractivity contribution is -0.385. The molecule has 0 spiro atoms. The Balaban J connectivity index is 1.86. The molecule has 0 fully saturated rings. The number of benzene rings is 2. The van der Waals surface area contributed by atoms with Gasteiger partial charge in [-0.25, -0.2) is 4.79 Å². The molecule has 0 heterocycles. The smallest absolute Gasteiger partial charge is 0.331 e. The molecule has 0 aliphatic rings. The van der Waals surface area contributed by atoms with Crippen molar-refractivity contribution in [2.45, 2.75) is 6.92 Å². The summed E-state index contributed by atoms with van der Waals surface area (Å²) >= 11 is 0. The third-order valence-electron chi connectivity index (χ3n) is 3.55. The summed E-state index contributed by atoms with van der Waals surface area (Å²) in [6.45, 7) is 0.994. The maximum atomic E-state index is 11.8. The second kappa shape index (κ2) is 9.03. The van der Waals surface area contributed by atoms with Crippen LogP contribution in [0.15, 0.2) is 48.5 Å². The molecule has 0 saturated heterocycles. The van der Waals surface area contributed by atoms with Gasteiger partial charge in [0.05, 0.1) is 9.85 Å². The van der Waals surface area contributed by atoms with Crippen molar-refractivity contribution in [3.05, 3.63) is 79.9 Å². The zero-order chi connectivity index (χ0) is 20.7. The van der Waals surface area contributed by atoms with Crippen molar-refractivity contribution in [3.8, 4) is 0 Å². The van der Waals surface area contributed by atoms with E-state index in [1.165, 1.54) is 48.5 Å². The van der Waals surface area contributed by atoms with E-state index in [9.17, 15) is 29.8 Å². The summed E-state index contributed by atoms with van der Waals surface area (Å²) in [6.07, 6.45) is 2.46. The molecular weight excluding hydrogens is 370 g/mol. The second-order valence-corrected chi connectivity index (χ2v) is 5.60. The molecule has 10 nitrogen and oxygen atoms in total. The summed E-state index contributed by atoms with van der Waals surface area (Å²) in [7, 11) is 0. The molecule has 2 aromatic carbocycles. The number of aryl methyl sites for hydroxylation is 1. The van der Waals surface area contributed by atoms with E-state index in [2.05, 4.69) is 5.32 Å². The summed E-state index contributed by atoms with van der Waals surface area (Å²) in [6, 6.07) is 9.70. The fourth-order valence-electron chi connectivity index (χ4n) is 2.14. The van der Waals surface area contributed by atoms with Gasteiger partial charge in [-0.2, -0.15) is 0 Å². The van der Waals surface area contributed by atoms with Gasteiger partial charge < -0.3 is 10.1 Å². The topological polar surface area (TPSA) is 142 Å². The molecule has 2 aromatic rings. The first-order valence-corrected chi connectivity index (χ1v) is 7.90. The number of amides is 1. The summed E-state index contributed by atoms with van der Waals surface area (Å²) in [5, 5.41) is 23.9. The van der Waals surface area contributed by atoms with E-state index < -0.39 is 28.3 Å². The lowest BCUT2D eigenvalue weighted by atomic mass is 10.2. The molecule has 0 aliphatic heterocycles. The molecule has 0 atom stereocenters. The highest BCUT2D eigenvalue weighted by molar-refractivity contribution is 5.94. The van der Waals surface area contributed by atoms with Gasteiger partial charge in [0.1, 0.15) is 0 Å². The number of rotatable bonds is 7. The number of esters is 1. The number of hydrogen-bond donors (Lipinski definition) is 1. The Morgan fingerprint density at radius 1 is 1.07 bits per heavy atom. The van der Waals surface area contributed by atoms with Gasteiger partial charge in [-0.3, -0.25) is 25.0 Å². The van der Waals surface area contributed by atoms with Gasteiger partial charge in [0.25, 0.3) is 17.3 Å². The number of ether oxygens (including phenoxy) is 1. The monoisotopic (exact) mass is 385 g/mol. The molecule has 0 bridgehead atoms. The van der Waals surface area contributed by atoms with Crippen LogP contribution in [-0.2, 0) is 14.3 Å². The van der Waals surface area contributed by atoms with Gasteiger partial charge in [-0.05, 0) is 36.8 Å². The lowest BCUT2D eigenvalue weighted by Gasteiger charge is -2.06. The van der Waals surface area contributed by atoms with Crippen LogP contribution < -0.4 is 5.32 Å². The maximum absolute atomic E-state index is 11.8. The van der Waals surface area contributed by atoms with Gasteiger partial charge in [0.15, 0.2) is 6.61 Å². The second-order valence-electron chi connectivity index (χ2n) is 5.60. The predicted octanol–water partition coefficient (Wildman–Crippen LogP) is 3.01. The SMILES string of the molecule is Cc1ccc(NC(=O)COC(=O)/C=C/c2ccc([N+](=O)[O-])cc2)cc1[N+](=O)[O-]. The molecule has 144 valence electrons. The zero-order valence-corrected chi connectivity index (χ0v) is 14.7. The summed E-state index contributed by atoms with van der Waals surface area (Å²) in [5.41, 5.74) is 0.984. The Kier molecular flexibility index (Phi) is 6.53. The van der Waals surface area contributed by atoms with Gasteiger partial charge in [0, 0.05) is 35.5 Å². The van der Waals surface area contributed by atoms with Gasteiger partial charge in [0.2, 0.25) is 0 Å². The Bertz CT molecular complexity index is 952. The van der Waals surface area contributed by atoms with Crippen LogP contribution in [0.5, 0.6) is 0 Å². The van der Waals surface area contributed by atoms with E-state index in [0.717, 1.165) is 6.08 Å². The molecule has 2 rings (SSSR count). The molecule has 10 heteroatoms. The lowest BCUT2D eigenvalue weighted by Crippen LogP contribution is -2.20. The predicted molar refractivity (Wildman–Crippen MR) is 99.6 cm³/mol. The first-order chi connectivity index (χ1) is 13.3. The standard InChI is InChI=1S/C18H15N3O7/c1-12-2-6-14(10-16(12)21(26)27)19-17(22)11-28-18(23)9-5-13-3-7-15(8-4-13)20(24)25/h2-10H,11H2,1H3,(H,19,22)/b9-5+. The Morgan fingerprint density at radius 3 is 2.36 bits per heavy atom. The third-order valence-corrected chi connectivity index (χ3v) is 3.55. The molecule has 1 amide bonds. The van der Waals surface area contributed by atoms with E-state index in [0.29, 0.717) is 11.1 Å². The van der Waals surface area contributed by atoms with Crippen LogP contribution in [0, 0.1) is 27.2 Å². The number of nitrogens with zero attached hydrogens (tertiary/aromatic N) is 2. The summed E-state index contributed by atoms with van der Waals surface area (Å²) in [5.74, 6) is -1.45. The van der Waals surface area contributed by atoms with Crippen LogP contribution in [0.4, 0.5) is 17.1 Å². The van der Waals surface area contributed by atoms with Crippen molar-refractivity contribution < 1.29 is 24.2 Å². The molecule has 0 aromatic heterocycles. The third kappa shape index (κ3) is 5.73. The molecular formula is C18H15N3O7. The number of anilines is 1. The van der Waals surface area contributed by atoms with Crippen LogP contribution in [0.2, 0.25) is 0 Å². The quantitative estimate of drug-likeness (QED) is 0.334. The average Bonchev–Trinajstić information content (AvgIpc) is 2.66. The van der Waals surface area contributed by atoms with Crippen LogP contribution in [0.3, 0.4) is 0 Å². The van der Waals surface area contributed by atoms with E-state index in [1.54, 1.807) is 6.92 Å². The number of nitro groups is 2. The largest absolute Gasteiger partial charge is 0.452 e. The summed E-state index contributed by atoms with van der Waals surface area (Å²) < 4.78 is 4.78. The highest BCUT2D eigenvalue weighted by Gasteiger charge is 2.13. The first-order valence-electron chi connectivity index (χ1n) is 7.90. The first kappa shape index (κ1) is 20.2. The van der Waals surface area contributed by atoms with Gasteiger partial charge >= 0.3 is 5.97 Å². The zero-order valence-electron chi connectivity index (χ0n) is 14.7. The van der Waals surface area contributed by atoms with Crippen molar-refractivity contribution in [1.82, 2.24) is 0 Å². The van der Waals surface area contributed by atoms with Crippen molar-refractivity contribution in [2.75, 3.05) is 11.9 Å². The fourth-order valence-corrected chi connectivity index (χ4v) is 2.14. The number of carbonyl (C=O) groups excluding carboxylic acids is 2. The molecule has 0 radical (unpaired) electrons. The van der Waals surface area contributed by atoms with Crippen LogP contribution in [0.25, 0.3) is 6.08 Å². The molecule has 0 unspecified atom stereocenters. The van der Waals surface area contributed by atoms with Crippen LogP contribution in [0.1, 0.15) is 11.1 Å². The van der Waals surface area contributed by atoms with E-state index >= 15 is 0 Å².